The Hall–Kier alpha value is -1.77. The average molecular weight is 729 g/mol. The van der Waals surface area contributed by atoms with Crippen LogP contribution in [0.4, 0.5) is 0 Å². The maximum absolute atomic E-state index is 12.6. The van der Waals surface area contributed by atoms with Crippen LogP contribution in [-0.4, -0.2) is 74.9 Å². The van der Waals surface area contributed by atoms with E-state index in [0.717, 1.165) is 51.4 Å². The summed E-state index contributed by atoms with van der Waals surface area (Å²) in [5.74, 6) is -0.845. The SMILES string of the molecule is CCCCC/C=C/C/C=C/C/C=C/CCCCC(=O)O[C@H](COC(=O)CCCCCCCCCCCCC)COP(=O)(O)OCC[N+](C)(C)C. The molecule has 0 aliphatic carbocycles. The van der Waals surface area contributed by atoms with Crippen LogP contribution in [0.15, 0.2) is 36.5 Å². The molecule has 0 spiro atoms. The van der Waals surface area contributed by atoms with Crippen LogP contribution in [-0.2, 0) is 32.7 Å². The molecule has 0 fully saturated rings. The van der Waals surface area contributed by atoms with Crippen LogP contribution in [0.2, 0.25) is 0 Å². The molecule has 0 saturated carbocycles. The van der Waals surface area contributed by atoms with Gasteiger partial charge in [-0.3, -0.25) is 18.6 Å². The van der Waals surface area contributed by atoms with Crippen LogP contribution in [0.3, 0.4) is 0 Å². The summed E-state index contributed by atoms with van der Waals surface area (Å²) >= 11 is 0. The number of hydrogen-bond acceptors (Lipinski definition) is 7. The maximum Gasteiger partial charge on any atom is 0.472 e. The predicted molar refractivity (Wildman–Crippen MR) is 206 cm³/mol. The van der Waals surface area contributed by atoms with Gasteiger partial charge >= 0.3 is 19.8 Å². The molecule has 0 saturated heterocycles. The quantitative estimate of drug-likeness (QED) is 0.0226. The summed E-state index contributed by atoms with van der Waals surface area (Å²) in [7, 11) is 1.45. The number of hydrogen-bond donors (Lipinski definition) is 1. The summed E-state index contributed by atoms with van der Waals surface area (Å²) in [4.78, 5) is 35.2. The fourth-order valence-electron chi connectivity index (χ4n) is 5.02. The molecule has 0 bridgehead atoms. The Morgan fingerprint density at radius 2 is 1.08 bits per heavy atom. The zero-order valence-corrected chi connectivity index (χ0v) is 33.5. The zero-order valence-electron chi connectivity index (χ0n) is 32.6. The summed E-state index contributed by atoms with van der Waals surface area (Å²) in [6, 6.07) is 0. The van der Waals surface area contributed by atoms with E-state index in [1.165, 1.54) is 70.6 Å². The predicted octanol–water partition coefficient (Wildman–Crippen LogP) is 10.6. The number of esters is 2. The molecule has 1 unspecified atom stereocenters. The molecule has 2 atom stereocenters. The molecular weight excluding hydrogens is 653 g/mol. The first-order valence-electron chi connectivity index (χ1n) is 19.7. The second-order valence-electron chi connectivity index (χ2n) is 14.3. The van der Waals surface area contributed by atoms with Crippen LogP contribution >= 0.6 is 7.82 Å². The third kappa shape index (κ3) is 36.0. The van der Waals surface area contributed by atoms with Crippen molar-refractivity contribution in [1.82, 2.24) is 0 Å². The highest BCUT2D eigenvalue weighted by Crippen LogP contribution is 2.43. The zero-order chi connectivity index (χ0) is 37.2. The number of nitrogens with zero attached hydrogens (tertiary/aromatic N) is 1. The van der Waals surface area contributed by atoms with Gasteiger partial charge in [-0.2, -0.15) is 0 Å². The second-order valence-corrected chi connectivity index (χ2v) is 15.8. The Morgan fingerprint density at radius 3 is 1.64 bits per heavy atom. The number of quaternary nitrogens is 1. The van der Waals surface area contributed by atoms with E-state index in [0.29, 0.717) is 17.4 Å². The molecule has 0 rings (SSSR count). The molecule has 0 heterocycles. The lowest BCUT2D eigenvalue weighted by atomic mass is 10.1. The second kappa shape index (κ2) is 33.1. The first-order chi connectivity index (χ1) is 24.0. The largest absolute Gasteiger partial charge is 0.472 e. The first-order valence-corrected chi connectivity index (χ1v) is 21.2. The van der Waals surface area contributed by atoms with Crippen LogP contribution in [0, 0.1) is 0 Å². The van der Waals surface area contributed by atoms with Crippen molar-refractivity contribution in [2.75, 3.05) is 47.5 Å². The molecule has 10 heteroatoms. The minimum absolute atomic E-state index is 0.0247. The average Bonchev–Trinajstić information content (AvgIpc) is 3.06. The highest BCUT2D eigenvalue weighted by atomic mass is 31.2. The van der Waals surface area contributed by atoms with Crippen molar-refractivity contribution in [3.63, 3.8) is 0 Å². The van der Waals surface area contributed by atoms with E-state index in [4.69, 9.17) is 18.5 Å². The molecule has 0 radical (unpaired) electrons. The molecule has 0 amide bonds. The number of unbranched alkanes of at least 4 members (excludes halogenated alkanes) is 15. The van der Waals surface area contributed by atoms with Crippen molar-refractivity contribution in [1.29, 1.82) is 0 Å². The molecule has 0 aliphatic rings. The summed E-state index contributed by atoms with van der Waals surface area (Å²) in [6.07, 6.45) is 34.8. The van der Waals surface area contributed by atoms with Gasteiger partial charge in [0, 0.05) is 12.8 Å². The minimum atomic E-state index is -4.38. The van der Waals surface area contributed by atoms with E-state index >= 15 is 0 Å². The van der Waals surface area contributed by atoms with Gasteiger partial charge in [0.05, 0.1) is 27.7 Å². The molecule has 50 heavy (non-hydrogen) atoms. The van der Waals surface area contributed by atoms with Crippen molar-refractivity contribution < 1.29 is 42.1 Å². The summed E-state index contributed by atoms with van der Waals surface area (Å²) in [5, 5.41) is 0. The lowest BCUT2D eigenvalue weighted by Gasteiger charge is -2.24. The van der Waals surface area contributed by atoms with Crippen molar-refractivity contribution >= 4 is 19.8 Å². The maximum atomic E-state index is 12.6. The molecular formula is C40H75NO8P+. The fraction of sp³-hybridized carbons (Fsp3) is 0.800. The topological polar surface area (TPSA) is 108 Å². The van der Waals surface area contributed by atoms with Crippen LogP contribution < -0.4 is 0 Å². The molecule has 292 valence electrons. The van der Waals surface area contributed by atoms with Gasteiger partial charge < -0.3 is 18.9 Å². The van der Waals surface area contributed by atoms with E-state index in [1.807, 2.05) is 21.1 Å². The van der Waals surface area contributed by atoms with Gasteiger partial charge in [0.1, 0.15) is 19.8 Å². The van der Waals surface area contributed by atoms with Gasteiger partial charge in [0.2, 0.25) is 0 Å². The van der Waals surface area contributed by atoms with E-state index in [-0.39, 0.29) is 32.0 Å². The molecule has 0 aromatic carbocycles. The monoisotopic (exact) mass is 729 g/mol. The lowest BCUT2D eigenvalue weighted by molar-refractivity contribution is -0.870. The normalized spacial score (nSPS) is 14.1. The van der Waals surface area contributed by atoms with E-state index < -0.39 is 26.5 Å². The van der Waals surface area contributed by atoms with Gasteiger partial charge in [-0.1, -0.05) is 127 Å². The van der Waals surface area contributed by atoms with Gasteiger partial charge in [-0.25, -0.2) is 4.57 Å². The number of allylic oxidation sites excluding steroid dienone is 6. The Morgan fingerprint density at radius 1 is 0.620 bits per heavy atom. The molecule has 0 aromatic rings. The number of phosphoric ester groups is 1. The van der Waals surface area contributed by atoms with Gasteiger partial charge in [-0.15, -0.1) is 0 Å². The summed E-state index contributed by atoms with van der Waals surface area (Å²) < 4.78 is 34.1. The van der Waals surface area contributed by atoms with Crippen molar-refractivity contribution in [2.45, 2.75) is 161 Å². The number of phosphoric acid groups is 1. The number of rotatable bonds is 35. The van der Waals surface area contributed by atoms with Gasteiger partial charge in [-0.05, 0) is 51.4 Å². The highest BCUT2D eigenvalue weighted by Gasteiger charge is 2.27. The number of carbonyl (C=O) groups is 2. The van der Waals surface area contributed by atoms with Crippen molar-refractivity contribution in [3.05, 3.63) is 36.5 Å². The van der Waals surface area contributed by atoms with Gasteiger partial charge in [0.15, 0.2) is 6.10 Å². The Kier molecular flexibility index (Phi) is 31.9. The van der Waals surface area contributed by atoms with E-state index in [2.05, 4.69) is 50.3 Å². The molecule has 0 aromatic heterocycles. The standard InChI is InChI=1S/C40H74NO8P/c1-6-8-10-12-14-16-18-19-20-21-23-25-27-29-31-33-40(43)49-38(37-48-50(44,45)47-35-34-41(3,4)5)36-46-39(42)32-30-28-26-24-22-17-15-13-11-9-7-2/h14,16,19-20,23,25,38H,6-13,15,17-18,21-22,24,26-37H2,1-5H3/p+1/b16-14+,20-19+,25-23+/t38-/m1/s1. The number of likely N-dealkylation sites (N-methyl/N-ethyl adjacent to an activating group) is 1. The smallest absolute Gasteiger partial charge is 0.462 e. The van der Waals surface area contributed by atoms with Crippen molar-refractivity contribution in [3.8, 4) is 0 Å². The van der Waals surface area contributed by atoms with Crippen molar-refractivity contribution in [2.24, 2.45) is 0 Å². The van der Waals surface area contributed by atoms with Crippen LogP contribution in [0.25, 0.3) is 0 Å². The molecule has 9 nitrogen and oxygen atoms in total. The van der Waals surface area contributed by atoms with Crippen LogP contribution in [0.5, 0.6) is 0 Å². The van der Waals surface area contributed by atoms with E-state index in [9.17, 15) is 19.0 Å². The summed E-state index contributed by atoms with van der Waals surface area (Å²) in [6.45, 7) is 4.32. The Labute approximate surface area is 306 Å². The third-order valence-corrected chi connectivity index (χ3v) is 9.16. The fourth-order valence-corrected chi connectivity index (χ4v) is 5.76. The third-order valence-electron chi connectivity index (χ3n) is 8.17. The van der Waals surface area contributed by atoms with E-state index in [1.54, 1.807) is 0 Å². The number of ether oxygens (including phenoxy) is 2. The Bertz CT molecular complexity index is 959. The minimum Gasteiger partial charge on any atom is -0.462 e. The number of carbonyl (C=O) groups excluding carboxylic acids is 2. The first kappa shape index (κ1) is 48.2. The molecule has 0 aliphatic heterocycles. The summed E-state index contributed by atoms with van der Waals surface area (Å²) in [5.41, 5.74) is 0. The lowest BCUT2D eigenvalue weighted by Crippen LogP contribution is -2.37. The van der Waals surface area contributed by atoms with Gasteiger partial charge in [0.25, 0.3) is 0 Å². The van der Waals surface area contributed by atoms with Crippen LogP contribution in [0.1, 0.15) is 155 Å². The highest BCUT2D eigenvalue weighted by molar-refractivity contribution is 7.47. The Balaban J connectivity index is 4.51. The molecule has 1 N–H and O–H groups in total.